The lowest BCUT2D eigenvalue weighted by Crippen LogP contribution is -1.96. The Bertz CT molecular complexity index is 513. The fraction of sp³-hybridized carbons (Fsp3) is 0.0769. The van der Waals surface area contributed by atoms with Gasteiger partial charge in [-0.05, 0) is 35.9 Å². The number of benzene rings is 2. The molecule has 0 fully saturated rings. The van der Waals surface area contributed by atoms with E-state index in [0.717, 1.165) is 21.2 Å². The zero-order valence-electron chi connectivity index (χ0n) is 9.06. The molecule has 0 aromatic heterocycles. The number of halogens is 1. The van der Waals surface area contributed by atoms with Crippen molar-refractivity contribution in [1.82, 2.24) is 0 Å². The predicted octanol–water partition coefficient (Wildman–Crippen LogP) is 3.79. The van der Waals surface area contributed by atoms with Gasteiger partial charge in [-0.3, -0.25) is 0 Å². The van der Waals surface area contributed by atoms with Crippen molar-refractivity contribution in [3.63, 3.8) is 0 Å². The summed E-state index contributed by atoms with van der Waals surface area (Å²) in [5.41, 5.74) is 7.37. The van der Waals surface area contributed by atoms with E-state index in [-0.39, 0.29) is 0 Å². The first-order chi connectivity index (χ1) is 8.15. The fourth-order valence-electron chi connectivity index (χ4n) is 1.36. The molecule has 0 saturated heterocycles. The van der Waals surface area contributed by atoms with Gasteiger partial charge in [-0.1, -0.05) is 23.7 Å². The summed E-state index contributed by atoms with van der Waals surface area (Å²) >= 11 is 10.0. The average Bonchev–Trinajstić information content (AvgIpc) is 2.33. The fourth-order valence-corrected chi connectivity index (χ4v) is 1.69. The highest BCUT2D eigenvalue weighted by atomic mass is 35.5. The van der Waals surface area contributed by atoms with Gasteiger partial charge in [0.05, 0.1) is 0 Å². The first-order valence-electron chi connectivity index (χ1n) is 5.11. The summed E-state index contributed by atoms with van der Waals surface area (Å²) in [6.07, 6.45) is 0. The first kappa shape index (κ1) is 12.1. The summed E-state index contributed by atoms with van der Waals surface area (Å²) in [4.78, 5) is 0.721. The summed E-state index contributed by atoms with van der Waals surface area (Å²) < 4.78 is 5.62. The molecular formula is C13H12ClNOS. The second-order valence-electron chi connectivity index (χ2n) is 3.64. The Morgan fingerprint density at radius 1 is 1.12 bits per heavy atom. The second-order valence-corrected chi connectivity index (χ2v) is 4.55. The molecule has 2 N–H and O–H groups in total. The maximum Gasteiger partial charge on any atom is 0.121 e. The Kier molecular flexibility index (Phi) is 3.82. The van der Waals surface area contributed by atoms with Crippen molar-refractivity contribution in [2.45, 2.75) is 11.5 Å². The lowest BCUT2D eigenvalue weighted by Gasteiger charge is -2.08. The highest BCUT2D eigenvalue weighted by molar-refractivity contribution is 7.80. The van der Waals surface area contributed by atoms with Crippen molar-refractivity contribution >= 4 is 29.9 Å². The monoisotopic (exact) mass is 265 g/mol. The molecule has 2 nitrogen and oxygen atoms in total. The molecule has 0 unspecified atom stereocenters. The Balaban J connectivity index is 2.02. The Hall–Kier alpha value is -1.32. The number of anilines is 1. The molecule has 2 aromatic carbocycles. The van der Waals surface area contributed by atoms with Crippen LogP contribution < -0.4 is 10.5 Å². The van der Waals surface area contributed by atoms with Crippen LogP contribution in [0.1, 0.15) is 5.56 Å². The number of nitrogen functional groups attached to an aromatic ring is 1. The third-order valence-electron chi connectivity index (χ3n) is 2.32. The van der Waals surface area contributed by atoms with E-state index >= 15 is 0 Å². The van der Waals surface area contributed by atoms with Crippen LogP contribution in [0, 0.1) is 0 Å². The predicted molar refractivity (Wildman–Crippen MR) is 73.9 cm³/mol. The van der Waals surface area contributed by atoms with Crippen molar-refractivity contribution in [3.8, 4) is 5.75 Å². The standard InChI is InChI=1S/C13H12ClNOS/c14-10-3-1-9(2-4-10)8-16-11-5-6-12(15)13(17)7-11/h1-7,17H,8,15H2. The number of hydrogen-bond donors (Lipinski definition) is 2. The van der Waals surface area contributed by atoms with Gasteiger partial charge < -0.3 is 10.5 Å². The smallest absolute Gasteiger partial charge is 0.121 e. The van der Waals surface area contributed by atoms with Gasteiger partial charge in [0, 0.05) is 15.6 Å². The molecule has 0 heterocycles. The zero-order chi connectivity index (χ0) is 12.3. The van der Waals surface area contributed by atoms with Crippen LogP contribution in [0.2, 0.25) is 5.02 Å². The highest BCUT2D eigenvalue weighted by Gasteiger charge is 1.99. The van der Waals surface area contributed by atoms with Gasteiger partial charge >= 0.3 is 0 Å². The minimum absolute atomic E-state index is 0.494. The Morgan fingerprint density at radius 3 is 2.47 bits per heavy atom. The summed E-state index contributed by atoms with van der Waals surface area (Å²) in [5, 5.41) is 0.721. The topological polar surface area (TPSA) is 35.2 Å². The summed E-state index contributed by atoms with van der Waals surface area (Å²) in [6, 6.07) is 12.9. The van der Waals surface area contributed by atoms with Crippen molar-refractivity contribution in [2.24, 2.45) is 0 Å². The van der Waals surface area contributed by atoms with Crippen LogP contribution in [0.4, 0.5) is 5.69 Å². The first-order valence-corrected chi connectivity index (χ1v) is 5.93. The second kappa shape index (κ2) is 5.34. The van der Waals surface area contributed by atoms with Crippen LogP contribution in [0.25, 0.3) is 0 Å². The lowest BCUT2D eigenvalue weighted by atomic mass is 10.2. The van der Waals surface area contributed by atoms with Crippen LogP contribution in [-0.2, 0) is 6.61 Å². The molecule has 0 bridgehead atoms. The molecule has 4 heteroatoms. The third-order valence-corrected chi connectivity index (χ3v) is 2.96. The molecule has 0 aliphatic rings. The van der Waals surface area contributed by atoms with E-state index in [1.165, 1.54) is 0 Å². The van der Waals surface area contributed by atoms with Gasteiger partial charge in [-0.15, -0.1) is 12.6 Å². The number of thiol groups is 1. The lowest BCUT2D eigenvalue weighted by molar-refractivity contribution is 0.305. The van der Waals surface area contributed by atoms with Gasteiger partial charge in [-0.25, -0.2) is 0 Å². The number of rotatable bonds is 3. The van der Waals surface area contributed by atoms with E-state index < -0.39 is 0 Å². The van der Waals surface area contributed by atoms with Gasteiger partial charge in [0.1, 0.15) is 12.4 Å². The molecule has 2 rings (SSSR count). The van der Waals surface area contributed by atoms with Gasteiger partial charge in [0.25, 0.3) is 0 Å². The minimum atomic E-state index is 0.494. The molecule has 0 aliphatic carbocycles. The quantitative estimate of drug-likeness (QED) is 0.654. The molecular weight excluding hydrogens is 254 g/mol. The third kappa shape index (κ3) is 3.32. The van der Waals surface area contributed by atoms with Crippen molar-refractivity contribution in [1.29, 1.82) is 0 Å². The van der Waals surface area contributed by atoms with Crippen LogP contribution in [0.15, 0.2) is 47.4 Å². The average molecular weight is 266 g/mol. The number of hydrogen-bond acceptors (Lipinski definition) is 3. The van der Waals surface area contributed by atoms with E-state index in [1.807, 2.05) is 30.3 Å². The van der Waals surface area contributed by atoms with Crippen LogP contribution in [-0.4, -0.2) is 0 Å². The van der Waals surface area contributed by atoms with Gasteiger partial charge in [0.15, 0.2) is 0 Å². The SMILES string of the molecule is Nc1ccc(OCc2ccc(Cl)cc2)cc1S. The summed E-state index contributed by atoms with van der Waals surface area (Å²) in [7, 11) is 0. The molecule has 0 saturated carbocycles. The van der Waals surface area contributed by atoms with E-state index in [9.17, 15) is 0 Å². The van der Waals surface area contributed by atoms with Gasteiger partial charge in [-0.2, -0.15) is 0 Å². The van der Waals surface area contributed by atoms with Crippen molar-refractivity contribution in [2.75, 3.05) is 5.73 Å². The molecule has 17 heavy (non-hydrogen) atoms. The molecule has 0 aliphatic heterocycles. The van der Waals surface area contributed by atoms with Crippen LogP contribution in [0.3, 0.4) is 0 Å². The van der Waals surface area contributed by atoms with Crippen LogP contribution >= 0.6 is 24.2 Å². The normalized spacial score (nSPS) is 10.2. The van der Waals surface area contributed by atoms with E-state index in [4.69, 9.17) is 22.1 Å². The van der Waals surface area contributed by atoms with E-state index in [2.05, 4.69) is 12.6 Å². The zero-order valence-corrected chi connectivity index (χ0v) is 10.7. The molecule has 0 atom stereocenters. The number of ether oxygens (including phenoxy) is 1. The van der Waals surface area contributed by atoms with Crippen molar-refractivity contribution < 1.29 is 4.74 Å². The summed E-state index contributed by atoms with van der Waals surface area (Å²) in [6.45, 7) is 0.494. The minimum Gasteiger partial charge on any atom is -0.489 e. The Labute approximate surface area is 111 Å². The largest absolute Gasteiger partial charge is 0.489 e. The molecule has 88 valence electrons. The maximum atomic E-state index is 5.80. The molecule has 0 amide bonds. The molecule has 0 radical (unpaired) electrons. The highest BCUT2D eigenvalue weighted by Crippen LogP contribution is 2.23. The Morgan fingerprint density at radius 2 is 1.82 bits per heavy atom. The molecule has 0 spiro atoms. The van der Waals surface area contributed by atoms with Crippen molar-refractivity contribution in [3.05, 3.63) is 53.1 Å². The number of nitrogens with two attached hydrogens (primary N) is 1. The van der Waals surface area contributed by atoms with E-state index in [0.29, 0.717) is 12.3 Å². The van der Waals surface area contributed by atoms with Gasteiger partial charge in [0.2, 0.25) is 0 Å². The summed E-state index contributed by atoms with van der Waals surface area (Å²) in [5.74, 6) is 0.749. The van der Waals surface area contributed by atoms with Crippen LogP contribution in [0.5, 0.6) is 5.75 Å². The molecule has 2 aromatic rings. The maximum absolute atomic E-state index is 5.80. The van der Waals surface area contributed by atoms with E-state index in [1.54, 1.807) is 12.1 Å².